The highest BCUT2D eigenvalue weighted by molar-refractivity contribution is 6.36. The number of benzene rings is 3. The Morgan fingerprint density at radius 2 is 1.26 bits per heavy atom. The Labute approximate surface area is 170 Å². The van der Waals surface area contributed by atoms with Gasteiger partial charge in [-0.3, -0.25) is 4.58 Å². The van der Waals surface area contributed by atoms with Crippen LogP contribution in [-0.4, -0.2) is 25.0 Å². The van der Waals surface area contributed by atoms with Crippen molar-refractivity contribution in [2.45, 2.75) is 0 Å². The molecule has 0 bridgehead atoms. The maximum absolute atomic E-state index is 7.01. The number of halogens is 2. The van der Waals surface area contributed by atoms with Crippen LogP contribution in [0.25, 0.3) is 5.57 Å². The van der Waals surface area contributed by atoms with Crippen molar-refractivity contribution in [3.63, 3.8) is 0 Å². The summed E-state index contributed by atoms with van der Waals surface area (Å²) in [6.07, 6.45) is 1.96. The van der Waals surface area contributed by atoms with Crippen LogP contribution in [0, 0.1) is 0 Å². The first kappa shape index (κ1) is 19.2. The maximum Gasteiger partial charge on any atom is 0.244 e. The number of hydrogen-bond donors (Lipinski definition) is 0. The van der Waals surface area contributed by atoms with E-state index in [1.807, 2.05) is 90.6 Å². The molecule has 0 spiro atoms. The molecule has 0 radical (unpaired) electrons. The molecule has 0 aromatic heterocycles. The average Bonchev–Trinajstić information content (AvgIpc) is 2.68. The number of hydrogen-bond acceptors (Lipinski definition) is 0. The van der Waals surface area contributed by atoms with E-state index in [1.165, 1.54) is 0 Å². The second kappa shape index (κ2) is 8.90. The summed E-state index contributed by atoms with van der Waals surface area (Å²) in [5, 5.41) is 1.30. The quantitative estimate of drug-likeness (QED) is 0.219. The average molecular weight is 396 g/mol. The van der Waals surface area contributed by atoms with E-state index in [0.717, 1.165) is 22.4 Å². The lowest BCUT2D eigenvalue weighted by molar-refractivity contribution is -0.460. The van der Waals surface area contributed by atoms with E-state index in [2.05, 4.69) is 24.3 Å². The first-order valence-electron chi connectivity index (χ1n) is 8.63. The lowest BCUT2D eigenvalue weighted by Crippen LogP contribution is -2.24. The summed E-state index contributed by atoms with van der Waals surface area (Å²) in [4.78, 5) is 1.97. The Bertz CT molecular complexity index is 901. The molecule has 4 heteroatoms. The summed E-state index contributed by atoms with van der Waals surface area (Å²) in [6.45, 7) is 0. The van der Waals surface area contributed by atoms with E-state index in [-0.39, 0.29) is 0 Å². The van der Waals surface area contributed by atoms with Gasteiger partial charge >= 0.3 is 0 Å². The zero-order chi connectivity index (χ0) is 19.2. The minimum absolute atomic E-state index is 0.614. The minimum Gasteiger partial charge on any atom is -0.273 e. The molecular weight excluding hydrogens is 375 g/mol. The molecule has 2 nitrogen and oxygen atoms in total. The molecule has 3 aromatic carbocycles. The third kappa shape index (κ3) is 4.79. The summed E-state index contributed by atoms with van der Waals surface area (Å²) in [6, 6.07) is 28.0. The van der Waals surface area contributed by atoms with Gasteiger partial charge in [-0.05, 0) is 47.0 Å². The van der Waals surface area contributed by atoms with Crippen molar-refractivity contribution in [2.24, 2.45) is 0 Å². The molecule has 0 aliphatic carbocycles. The fraction of sp³-hybridized carbons (Fsp3) is 0.0870. The standard InChI is InChI=1S/C23H21Cl2N2/c1-26(2)17-27(21-15-13-20(24)14-16-21)23(25)22(18-9-5-3-6-10-18)19-11-7-4-8-12-19/h3-17H,1-2H3/q+1. The van der Waals surface area contributed by atoms with Crippen molar-refractivity contribution >= 4 is 40.8 Å². The van der Waals surface area contributed by atoms with Gasteiger partial charge in [-0.25, -0.2) is 0 Å². The molecule has 136 valence electrons. The fourth-order valence-corrected chi connectivity index (χ4v) is 3.28. The molecule has 0 heterocycles. The smallest absolute Gasteiger partial charge is 0.244 e. The summed E-state index contributed by atoms with van der Waals surface area (Å²) < 4.78 is 1.96. The van der Waals surface area contributed by atoms with Gasteiger partial charge in [0.1, 0.15) is 5.69 Å². The van der Waals surface area contributed by atoms with Gasteiger partial charge in [0.15, 0.2) is 0 Å². The normalized spacial score (nSPS) is 10.2. The zero-order valence-corrected chi connectivity index (χ0v) is 16.8. The van der Waals surface area contributed by atoms with Crippen molar-refractivity contribution in [3.05, 3.63) is 106 Å². The first-order valence-corrected chi connectivity index (χ1v) is 9.38. The second-order valence-corrected chi connectivity index (χ2v) is 7.12. The van der Waals surface area contributed by atoms with Gasteiger partial charge in [0, 0.05) is 10.6 Å². The highest BCUT2D eigenvalue weighted by Gasteiger charge is 2.22. The largest absolute Gasteiger partial charge is 0.273 e. The molecule has 0 amide bonds. The van der Waals surface area contributed by atoms with Gasteiger partial charge in [-0.15, -0.1) is 0 Å². The third-order valence-corrected chi connectivity index (χ3v) is 4.62. The Balaban J connectivity index is 2.23. The lowest BCUT2D eigenvalue weighted by Gasteiger charge is -2.17. The summed E-state index contributed by atoms with van der Waals surface area (Å²) in [5.41, 5.74) is 4.01. The van der Waals surface area contributed by atoms with Crippen molar-refractivity contribution in [1.82, 2.24) is 0 Å². The van der Waals surface area contributed by atoms with E-state index < -0.39 is 0 Å². The predicted molar refractivity (Wildman–Crippen MR) is 117 cm³/mol. The van der Waals surface area contributed by atoms with E-state index in [1.54, 1.807) is 0 Å². The molecule has 0 aliphatic heterocycles. The van der Waals surface area contributed by atoms with Crippen LogP contribution in [0.15, 0.2) is 90.1 Å². The molecule has 0 atom stereocenters. The number of anilines is 1. The fourth-order valence-electron chi connectivity index (χ4n) is 2.80. The Kier molecular flexibility index (Phi) is 6.33. The number of nitrogens with zero attached hydrogens (tertiary/aromatic N) is 2. The maximum atomic E-state index is 7.01. The first-order chi connectivity index (χ1) is 13.1. The molecule has 0 N–H and O–H groups in total. The summed E-state index contributed by atoms with van der Waals surface area (Å²) in [7, 11) is 3.94. The Morgan fingerprint density at radius 1 is 0.778 bits per heavy atom. The lowest BCUT2D eigenvalue weighted by atomic mass is 9.98. The number of rotatable bonds is 5. The molecule has 0 unspecified atom stereocenters. The van der Waals surface area contributed by atoms with Gasteiger partial charge in [0.2, 0.25) is 11.5 Å². The van der Waals surface area contributed by atoms with Crippen molar-refractivity contribution in [2.75, 3.05) is 19.0 Å². The van der Waals surface area contributed by atoms with E-state index in [0.29, 0.717) is 10.2 Å². The van der Waals surface area contributed by atoms with Crippen LogP contribution < -0.4 is 4.90 Å². The minimum atomic E-state index is 0.614. The molecule has 3 rings (SSSR count). The predicted octanol–water partition coefficient (Wildman–Crippen LogP) is 6.10. The van der Waals surface area contributed by atoms with Crippen LogP contribution in [0.2, 0.25) is 5.02 Å². The third-order valence-electron chi connectivity index (χ3n) is 3.99. The van der Waals surface area contributed by atoms with Gasteiger partial charge < -0.3 is 0 Å². The SMILES string of the molecule is C[N+](C)=CN(C(Cl)=C(c1ccccc1)c1ccccc1)c1ccc(Cl)cc1. The molecule has 0 aliphatic rings. The molecule has 3 aromatic rings. The Morgan fingerprint density at radius 3 is 1.70 bits per heavy atom. The van der Waals surface area contributed by atoms with Gasteiger partial charge in [-0.1, -0.05) is 72.3 Å². The highest BCUT2D eigenvalue weighted by Crippen LogP contribution is 2.33. The molecule has 0 fully saturated rings. The van der Waals surface area contributed by atoms with Crippen LogP contribution in [0.3, 0.4) is 0 Å². The van der Waals surface area contributed by atoms with Crippen LogP contribution in [0.4, 0.5) is 5.69 Å². The van der Waals surface area contributed by atoms with E-state index >= 15 is 0 Å². The van der Waals surface area contributed by atoms with Crippen LogP contribution in [-0.2, 0) is 0 Å². The Hall–Kier alpha value is -2.55. The van der Waals surface area contributed by atoms with Gasteiger partial charge in [0.25, 0.3) is 0 Å². The van der Waals surface area contributed by atoms with Crippen LogP contribution >= 0.6 is 23.2 Å². The molecule has 27 heavy (non-hydrogen) atoms. The summed E-state index contributed by atoms with van der Waals surface area (Å²) >= 11 is 13.1. The van der Waals surface area contributed by atoms with E-state index in [9.17, 15) is 0 Å². The van der Waals surface area contributed by atoms with Crippen molar-refractivity contribution in [3.8, 4) is 0 Å². The van der Waals surface area contributed by atoms with Gasteiger partial charge in [-0.2, -0.15) is 4.90 Å². The van der Waals surface area contributed by atoms with Gasteiger partial charge in [0.05, 0.1) is 14.1 Å². The molecule has 0 saturated heterocycles. The zero-order valence-electron chi connectivity index (χ0n) is 15.3. The summed E-state index contributed by atoms with van der Waals surface area (Å²) in [5.74, 6) is 0. The highest BCUT2D eigenvalue weighted by atomic mass is 35.5. The monoisotopic (exact) mass is 395 g/mol. The topological polar surface area (TPSA) is 6.25 Å². The molecule has 0 saturated carbocycles. The van der Waals surface area contributed by atoms with E-state index in [4.69, 9.17) is 23.2 Å². The van der Waals surface area contributed by atoms with Crippen LogP contribution in [0.1, 0.15) is 11.1 Å². The van der Waals surface area contributed by atoms with Crippen LogP contribution in [0.5, 0.6) is 0 Å². The van der Waals surface area contributed by atoms with Crippen molar-refractivity contribution < 1.29 is 4.58 Å². The van der Waals surface area contributed by atoms with Crippen molar-refractivity contribution in [1.29, 1.82) is 0 Å². The second-order valence-electron chi connectivity index (χ2n) is 6.32. The molecular formula is C23H21Cl2N2+.